The fourth-order valence-electron chi connectivity index (χ4n) is 1.28. The second kappa shape index (κ2) is 6.43. The lowest BCUT2D eigenvalue weighted by atomic mass is 10.2. The lowest BCUT2D eigenvalue weighted by molar-refractivity contribution is -0.144. The fourth-order valence-corrected chi connectivity index (χ4v) is 1.28. The number of aliphatic carboxylic acids is 1. The lowest BCUT2D eigenvalue weighted by Gasteiger charge is -2.34. The van der Waals surface area contributed by atoms with E-state index in [4.69, 9.17) is 5.11 Å². The summed E-state index contributed by atoms with van der Waals surface area (Å²) >= 11 is 0. The van der Waals surface area contributed by atoms with Gasteiger partial charge in [0.1, 0.15) is 6.04 Å². The van der Waals surface area contributed by atoms with Crippen molar-refractivity contribution in [2.75, 3.05) is 33.7 Å². The van der Waals surface area contributed by atoms with Crippen LogP contribution in [0.25, 0.3) is 0 Å². The molecule has 80 valence electrons. The van der Waals surface area contributed by atoms with E-state index in [2.05, 4.69) is 0 Å². The van der Waals surface area contributed by atoms with Crippen LogP contribution in [-0.4, -0.2) is 60.6 Å². The lowest BCUT2D eigenvalue weighted by Crippen LogP contribution is -2.53. The Hall–Kier alpha value is -0.0300. The zero-order chi connectivity index (χ0) is 8.43. The molecule has 1 unspecified atom stereocenters. The molecule has 6 heteroatoms. The third-order valence-electron chi connectivity index (χ3n) is 2.14. The van der Waals surface area contributed by atoms with Crippen molar-refractivity contribution in [3.8, 4) is 0 Å². The third-order valence-corrected chi connectivity index (χ3v) is 2.14. The van der Waals surface area contributed by atoms with Gasteiger partial charge < -0.3 is 10.0 Å². The summed E-state index contributed by atoms with van der Waals surface area (Å²) in [5.41, 5.74) is 0. The molecule has 0 aromatic rings. The molecule has 0 spiro atoms. The van der Waals surface area contributed by atoms with Gasteiger partial charge in [-0.3, -0.25) is 9.69 Å². The molecule has 1 rings (SSSR count). The van der Waals surface area contributed by atoms with Crippen molar-refractivity contribution < 1.29 is 9.90 Å². The summed E-state index contributed by atoms with van der Waals surface area (Å²) in [4.78, 5) is 14.6. The maximum absolute atomic E-state index is 10.6. The number of hydrogen-bond donors (Lipinski definition) is 1. The van der Waals surface area contributed by atoms with Crippen LogP contribution >= 0.6 is 24.8 Å². The van der Waals surface area contributed by atoms with Crippen molar-refractivity contribution in [3.05, 3.63) is 0 Å². The highest BCUT2D eigenvalue weighted by atomic mass is 35.5. The van der Waals surface area contributed by atoms with Crippen LogP contribution < -0.4 is 0 Å². The Kier molecular flexibility index (Phi) is 7.64. The van der Waals surface area contributed by atoms with Gasteiger partial charge in [0.15, 0.2) is 0 Å². The third kappa shape index (κ3) is 4.13. The van der Waals surface area contributed by atoms with Gasteiger partial charge in [-0.25, -0.2) is 0 Å². The average molecular weight is 231 g/mol. The quantitative estimate of drug-likeness (QED) is 0.698. The summed E-state index contributed by atoms with van der Waals surface area (Å²) in [6.45, 7) is 2.43. The monoisotopic (exact) mass is 230 g/mol. The normalized spacial score (nSPS) is 24.3. The first-order valence-corrected chi connectivity index (χ1v) is 3.73. The van der Waals surface area contributed by atoms with E-state index < -0.39 is 5.97 Å². The summed E-state index contributed by atoms with van der Waals surface area (Å²) in [6, 6.07) is -0.325. The fraction of sp³-hybridized carbons (Fsp3) is 0.857. The molecule has 0 aromatic carbocycles. The molecular weight excluding hydrogens is 215 g/mol. The van der Waals surface area contributed by atoms with Crippen LogP contribution in [-0.2, 0) is 4.79 Å². The second-order valence-electron chi connectivity index (χ2n) is 3.10. The minimum absolute atomic E-state index is 0. The Morgan fingerprint density at radius 2 is 1.85 bits per heavy atom. The predicted octanol–water partition coefficient (Wildman–Crippen LogP) is 0.160. The van der Waals surface area contributed by atoms with Crippen LogP contribution in [0.1, 0.15) is 0 Å². The molecule has 13 heavy (non-hydrogen) atoms. The molecule has 1 aliphatic heterocycles. The van der Waals surface area contributed by atoms with Gasteiger partial charge in [-0.05, 0) is 14.1 Å². The van der Waals surface area contributed by atoms with Crippen molar-refractivity contribution in [2.24, 2.45) is 0 Å². The molecule has 1 N–H and O–H groups in total. The number of likely N-dealkylation sites (N-methyl/N-ethyl adjacent to an activating group) is 2. The minimum atomic E-state index is -0.723. The van der Waals surface area contributed by atoms with Gasteiger partial charge in [0.2, 0.25) is 0 Å². The van der Waals surface area contributed by atoms with Crippen LogP contribution in [0.15, 0.2) is 0 Å². The topological polar surface area (TPSA) is 43.8 Å². The zero-order valence-corrected chi connectivity index (χ0v) is 9.40. The van der Waals surface area contributed by atoms with E-state index in [-0.39, 0.29) is 30.9 Å². The molecule has 0 radical (unpaired) electrons. The molecular formula is C7H16Cl2N2O2. The maximum atomic E-state index is 10.6. The van der Waals surface area contributed by atoms with E-state index in [9.17, 15) is 4.79 Å². The molecule has 1 saturated heterocycles. The summed E-state index contributed by atoms with van der Waals surface area (Å²) in [5, 5.41) is 8.76. The van der Waals surface area contributed by atoms with Crippen molar-refractivity contribution in [3.63, 3.8) is 0 Å². The van der Waals surface area contributed by atoms with E-state index in [0.717, 1.165) is 13.1 Å². The molecule has 1 heterocycles. The Morgan fingerprint density at radius 3 is 2.23 bits per heavy atom. The van der Waals surface area contributed by atoms with E-state index in [0.29, 0.717) is 6.54 Å². The second-order valence-corrected chi connectivity index (χ2v) is 3.10. The maximum Gasteiger partial charge on any atom is 0.322 e. The van der Waals surface area contributed by atoms with Crippen molar-refractivity contribution in [1.82, 2.24) is 9.80 Å². The highest BCUT2D eigenvalue weighted by molar-refractivity contribution is 5.85. The highest BCUT2D eigenvalue weighted by Gasteiger charge is 2.27. The van der Waals surface area contributed by atoms with Crippen molar-refractivity contribution in [2.45, 2.75) is 6.04 Å². The van der Waals surface area contributed by atoms with E-state index in [1.165, 1.54) is 0 Å². The average Bonchev–Trinajstić information content (AvgIpc) is 1.94. The largest absolute Gasteiger partial charge is 0.480 e. The SMILES string of the molecule is CN1CCN(C)C(C(=O)O)C1.Cl.Cl. The standard InChI is InChI=1S/C7H14N2O2.2ClH/c1-8-3-4-9(2)6(5-8)7(10)11;;/h6H,3-5H2,1-2H3,(H,10,11);2*1H. The molecule has 0 bridgehead atoms. The predicted molar refractivity (Wildman–Crippen MR) is 56.0 cm³/mol. The van der Waals surface area contributed by atoms with E-state index in [1.54, 1.807) is 0 Å². The molecule has 0 aromatic heterocycles. The number of nitrogens with zero attached hydrogens (tertiary/aromatic N) is 2. The van der Waals surface area contributed by atoms with Crippen LogP contribution in [0.2, 0.25) is 0 Å². The summed E-state index contributed by atoms with van der Waals surface area (Å²) in [6.07, 6.45) is 0. The van der Waals surface area contributed by atoms with E-state index in [1.807, 2.05) is 23.9 Å². The first-order valence-electron chi connectivity index (χ1n) is 3.73. The number of carbonyl (C=O) groups is 1. The smallest absolute Gasteiger partial charge is 0.322 e. The van der Waals surface area contributed by atoms with Gasteiger partial charge >= 0.3 is 5.97 Å². The van der Waals surface area contributed by atoms with Crippen LogP contribution in [0.3, 0.4) is 0 Å². The van der Waals surface area contributed by atoms with Crippen LogP contribution in [0.5, 0.6) is 0 Å². The Morgan fingerprint density at radius 1 is 1.31 bits per heavy atom. The Labute approximate surface area is 90.7 Å². The Balaban J connectivity index is 0. The number of rotatable bonds is 1. The van der Waals surface area contributed by atoms with Gasteiger partial charge in [0.05, 0.1) is 0 Å². The number of carboxylic acids is 1. The van der Waals surface area contributed by atoms with Crippen LogP contribution in [0, 0.1) is 0 Å². The highest BCUT2D eigenvalue weighted by Crippen LogP contribution is 2.05. The van der Waals surface area contributed by atoms with Gasteiger partial charge in [-0.1, -0.05) is 0 Å². The van der Waals surface area contributed by atoms with Gasteiger partial charge in [0, 0.05) is 19.6 Å². The van der Waals surface area contributed by atoms with Crippen LogP contribution in [0.4, 0.5) is 0 Å². The number of carboxylic acid groups (broad SMARTS) is 1. The molecule has 1 fully saturated rings. The van der Waals surface area contributed by atoms with Gasteiger partial charge in [-0.2, -0.15) is 0 Å². The first-order chi connectivity index (χ1) is 5.11. The minimum Gasteiger partial charge on any atom is -0.480 e. The molecule has 1 aliphatic rings. The molecule has 4 nitrogen and oxygen atoms in total. The van der Waals surface area contributed by atoms with Gasteiger partial charge in [-0.15, -0.1) is 24.8 Å². The zero-order valence-electron chi connectivity index (χ0n) is 7.77. The van der Waals surface area contributed by atoms with Gasteiger partial charge in [0.25, 0.3) is 0 Å². The molecule has 0 aliphatic carbocycles. The summed E-state index contributed by atoms with van der Waals surface area (Å²) in [5.74, 6) is -0.723. The Bertz CT molecular complexity index is 169. The van der Waals surface area contributed by atoms with Crippen molar-refractivity contribution >= 4 is 30.8 Å². The molecule has 1 atom stereocenters. The number of halogens is 2. The number of hydrogen-bond acceptors (Lipinski definition) is 3. The summed E-state index contributed by atoms with van der Waals surface area (Å²) in [7, 11) is 3.80. The molecule has 0 amide bonds. The summed E-state index contributed by atoms with van der Waals surface area (Å²) < 4.78 is 0. The first kappa shape index (κ1) is 15.4. The molecule has 0 saturated carbocycles. The van der Waals surface area contributed by atoms with E-state index >= 15 is 0 Å². The van der Waals surface area contributed by atoms with Crippen molar-refractivity contribution in [1.29, 1.82) is 0 Å². The number of piperazine rings is 1.